The molecule has 0 unspecified atom stereocenters. The maximum Gasteiger partial charge on any atom is 0.274 e. The van der Waals surface area contributed by atoms with Crippen LogP contribution < -0.4 is 0 Å². The zero-order valence-corrected chi connectivity index (χ0v) is 14.4. The van der Waals surface area contributed by atoms with Gasteiger partial charge in [0, 0.05) is 6.54 Å². The number of hydroxylamine groups is 2. The molecule has 8 heteroatoms. The molecule has 0 amide bonds. The minimum absolute atomic E-state index is 0.0326. The normalized spacial score (nSPS) is 37.6. The van der Waals surface area contributed by atoms with E-state index in [1.807, 2.05) is 44.2 Å². The lowest BCUT2D eigenvalue weighted by atomic mass is 10.1. The molecule has 0 aromatic heterocycles. The van der Waals surface area contributed by atoms with Crippen molar-refractivity contribution in [2.45, 2.75) is 49.7 Å². The highest BCUT2D eigenvalue weighted by Gasteiger charge is 2.60. The second-order valence-electron chi connectivity index (χ2n) is 6.99. The van der Waals surface area contributed by atoms with E-state index < -0.39 is 39.4 Å². The summed E-state index contributed by atoms with van der Waals surface area (Å²) in [6.45, 7) is 4.73. The Kier molecular flexibility index (Phi) is 3.94. The van der Waals surface area contributed by atoms with Crippen LogP contribution >= 0.6 is 0 Å². The fraction of sp³-hybridized carbons (Fsp3) is 0.625. The smallest absolute Gasteiger partial charge is 0.274 e. The van der Waals surface area contributed by atoms with Crippen LogP contribution in [0.25, 0.3) is 0 Å². The van der Waals surface area contributed by atoms with Gasteiger partial charge < -0.3 is 9.47 Å². The Balaban J connectivity index is 1.63. The summed E-state index contributed by atoms with van der Waals surface area (Å²) in [5.41, 5.74) is 0.572. The first kappa shape index (κ1) is 16.4. The van der Waals surface area contributed by atoms with E-state index in [4.69, 9.17) is 18.5 Å². The van der Waals surface area contributed by atoms with Gasteiger partial charge in [-0.1, -0.05) is 30.3 Å². The van der Waals surface area contributed by atoms with Gasteiger partial charge in [-0.15, -0.1) is 0 Å². The van der Waals surface area contributed by atoms with E-state index in [9.17, 15) is 8.42 Å². The summed E-state index contributed by atoms with van der Waals surface area (Å²) in [5, 5.41) is 0.872. The predicted molar refractivity (Wildman–Crippen MR) is 84.2 cm³/mol. The molecule has 0 spiro atoms. The number of fused-ring (bicyclic) bond motifs is 1. The molecule has 24 heavy (non-hydrogen) atoms. The Morgan fingerprint density at radius 2 is 2.00 bits per heavy atom. The third-order valence-corrected chi connectivity index (χ3v) is 6.24. The third kappa shape index (κ3) is 2.87. The molecule has 0 bridgehead atoms. The van der Waals surface area contributed by atoms with Gasteiger partial charge in [-0.05, 0) is 19.4 Å². The Morgan fingerprint density at radius 3 is 2.67 bits per heavy atom. The molecule has 3 heterocycles. The first-order valence-corrected chi connectivity index (χ1v) is 9.48. The maximum absolute atomic E-state index is 12.3. The largest absolute Gasteiger partial charge is 0.348 e. The molecule has 132 valence electrons. The average Bonchev–Trinajstić information content (AvgIpc) is 3.14. The quantitative estimate of drug-likeness (QED) is 0.750. The monoisotopic (exact) mass is 355 g/mol. The minimum atomic E-state index is -3.70. The highest BCUT2D eigenvalue weighted by molar-refractivity contribution is 7.87. The van der Waals surface area contributed by atoms with Gasteiger partial charge >= 0.3 is 0 Å². The van der Waals surface area contributed by atoms with Crippen molar-refractivity contribution in [2.75, 3.05) is 13.2 Å². The summed E-state index contributed by atoms with van der Waals surface area (Å²) >= 11 is 0. The summed E-state index contributed by atoms with van der Waals surface area (Å²) in [6, 6.07) is 9.19. The van der Waals surface area contributed by atoms with Crippen LogP contribution in [0.5, 0.6) is 0 Å². The van der Waals surface area contributed by atoms with Crippen LogP contribution in [-0.2, 0) is 35.2 Å². The van der Waals surface area contributed by atoms with Crippen molar-refractivity contribution in [2.24, 2.45) is 0 Å². The number of benzene rings is 1. The molecular weight excluding hydrogens is 334 g/mol. The van der Waals surface area contributed by atoms with Crippen molar-refractivity contribution < 1.29 is 26.9 Å². The third-order valence-electron chi connectivity index (χ3n) is 4.53. The van der Waals surface area contributed by atoms with E-state index in [1.165, 1.54) is 0 Å². The van der Waals surface area contributed by atoms with E-state index in [1.54, 1.807) is 5.06 Å². The van der Waals surface area contributed by atoms with Crippen molar-refractivity contribution in [1.82, 2.24) is 5.06 Å². The molecular formula is C16H21NO6S. The Hall–Kier alpha value is -1.03. The highest BCUT2D eigenvalue weighted by atomic mass is 32.2. The molecule has 0 radical (unpaired) electrons. The average molecular weight is 355 g/mol. The van der Waals surface area contributed by atoms with E-state index in [2.05, 4.69) is 0 Å². The molecule has 4 rings (SSSR count). The van der Waals surface area contributed by atoms with Crippen molar-refractivity contribution in [1.29, 1.82) is 0 Å². The molecule has 1 aromatic rings. The van der Waals surface area contributed by atoms with Gasteiger partial charge in [-0.3, -0.25) is 9.02 Å². The van der Waals surface area contributed by atoms with Crippen LogP contribution in [0.15, 0.2) is 30.3 Å². The van der Waals surface area contributed by atoms with E-state index in [-0.39, 0.29) is 6.61 Å². The van der Waals surface area contributed by atoms with E-state index in [0.717, 1.165) is 5.56 Å². The maximum atomic E-state index is 12.3. The molecule has 3 aliphatic rings. The number of nitrogens with zero attached hydrogens (tertiary/aromatic N) is 1. The molecule has 3 aliphatic heterocycles. The second-order valence-corrected chi connectivity index (χ2v) is 8.76. The van der Waals surface area contributed by atoms with Crippen LogP contribution in [0.1, 0.15) is 19.4 Å². The zero-order valence-electron chi connectivity index (χ0n) is 13.6. The van der Waals surface area contributed by atoms with Crippen LogP contribution in [0.2, 0.25) is 0 Å². The second kappa shape index (κ2) is 5.76. The standard InChI is InChI=1S/C16H21NO6S/c1-16(2)10-20-15(22-16)13-14-12(9-21-24(14,18)19)23-17(13)8-11-6-4-3-5-7-11/h3-7,12-15H,8-10H2,1-2H3/t12-,13+,14+,15+/m1/s1. The van der Waals surface area contributed by atoms with Crippen LogP contribution in [0, 0.1) is 0 Å². The lowest BCUT2D eigenvalue weighted by molar-refractivity contribution is -0.216. The molecule has 0 N–H and O–H groups in total. The number of rotatable bonds is 3. The predicted octanol–water partition coefficient (Wildman–Crippen LogP) is 1.05. The van der Waals surface area contributed by atoms with Crippen molar-refractivity contribution >= 4 is 10.1 Å². The highest BCUT2D eigenvalue weighted by Crippen LogP contribution is 2.40. The zero-order chi connectivity index (χ0) is 16.9. The SMILES string of the molecule is CC1(C)CO[C@H]([C@@H]2[C@@H]3[C@@H](COS3(=O)=O)ON2Cc2ccccc2)O1. The number of hydrogen-bond donors (Lipinski definition) is 0. The first-order valence-electron chi connectivity index (χ1n) is 8.01. The summed E-state index contributed by atoms with van der Waals surface area (Å²) in [7, 11) is -3.70. The van der Waals surface area contributed by atoms with Gasteiger partial charge in [0.2, 0.25) is 0 Å². The molecule has 0 aliphatic carbocycles. The Labute approximate surface area is 141 Å². The Bertz CT molecular complexity index is 707. The van der Waals surface area contributed by atoms with Gasteiger partial charge in [0.25, 0.3) is 10.1 Å². The molecule has 3 fully saturated rings. The van der Waals surface area contributed by atoms with E-state index in [0.29, 0.717) is 13.2 Å². The summed E-state index contributed by atoms with van der Waals surface area (Å²) in [4.78, 5) is 5.89. The van der Waals surface area contributed by atoms with Crippen molar-refractivity contribution in [3.8, 4) is 0 Å². The molecule has 4 atom stereocenters. The fourth-order valence-electron chi connectivity index (χ4n) is 3.44. The van der Waals surface area contributed by atoms with Gasteiger partial charge in [0.05, 0.1) is 18.8 Å². The van der Waals surface area contributed by atoms with Crippen LogP contribution in [0.4, 0.5) is 0 Å². The minimum Gasteiger partial charge on any atom is -0.348 e. The topological polar surface area (TPSA) is 74.3 Å². The first-order chi connectivity index (χ1) is 11.4. The van der Waals surface area contributed by atoms with Gasteiger partial charge in [-0.25, -0.2) is 0 Å². The lowest BCUT2D eigenvalue weighted by Crippen LogP contribution is -2.48. The van der Waals surface area contributed by atoms with Gasteiger partial charge in [0.1, 0.15) is 17.4 Å². The van der Waals surface area contributed by atoms with E-state index >= 15 is 0 Å². The van der Waals surface area contributed by atoms with Crippen molar-refractivity contribution in [3.05, 3.63) is 35.9 Å². The molecule has 7 nitrogen and oxygen atoms in total. The van der Waals surface area contributed by atoms with Crippen molar-refractivity contribution in [3.63, 3.8) is 0 Å². The summed E-state index contributed by atoms with van der Waals surface area (Å²) in [6.07, 6.45) is -1.20. The molecule has 1 aromatic carbocycles. The summed E-state index contributed by atoms with van der Waals surface area (Å²) in [5.74, 6) is 0. The van der Waals surface area contributed by atoms with Crippen LogP contribution in [-0.4, -0.2) is 56.0 Å². The lowest BCUT2D eigenvalue weighted by Gasteiger charge is -2.29. The Morgan fingerprint density at radius 1 is 1.25 bits per heavy atom. The van der Waals surface area contributed by atoms with Gasteiger partial charge in [-0.2, -0.15) is 13.5 Å². The molecule has 0 saturated carbocycles. The summed E-state index contributed by atoms with van der Waals surface area (Å²) < 4.78 is 41.3. The number of ether oxygens (including phenoxy) is 2. The fourth-order valence-corrected chi connectivity index (χ4v) is 5.03. The van der Waals surface area contributed by atoms with Gasteiger partial charge in [0.15, 0.2) is 6.29 Å². The molecule has 3 saturated heterocycles. The van der Waals surface area contributed by atoms with Crippen LogP contribution in [0.3, 0.4) is 0 Å². The number of hydrogen-bond acceptors (Lipinski definition) is 7.